The summed E-state index contributed by atoms with van der Waals surface area (Å²) >= 11 is 0. The number of carbonyl (C=O) groups excluding carboxylic acids is 2. The Bertz CT molecular complexity index is 338. The Labute approximate surface area is 114 Å². The number of aliphatic hydroxyl groups is 1. The zero-order chi connectivity index (χ0) is 13.8. The number of aliphatic hydroxyl groups excluding tert-OH is 1. The summed E-state index contributed by atoms with van der Waals surface area (Å²) in [6.45, 7) is 4.22. The summed E-state index contributed by atoms with van der Waals surface area (Å²) in [6, 6.07) is 0. The van der Waals surface area contributed by atoms with Crippen molar-refractivity contribution in [1.29, 1.82) is 0 Å². The molecule has 1 aliphatic carbocycles. The van der Waals surface area contributed by atoms with Crippen molar-refractivity contribution in [2.45, 2.75) is 32.6 Å². The summed E-state index contributed by atoms with van der Waals surface area (Å²) in [5.41, 5.74) is 0. The molecule has 2 unspecified atom stereocenters. The quantitative estimate of drug-likeness (QED) is 0.792. The Morgan fingerprint density at radius 1 is 1.05 bits per heavy atom. The molecule has 2 rings (SSSR count). The van der Waals surface area contributed by atoms with E-state index in [9.17, 15) is 14.7 Å². The molecule has 1 saturated carbocycles. The average Bonchev–Trinajstić information content (AvgIpc) is 2.46. The van der Waals surface area contributed by atoms with Gasteiger partial charge in [-0.2, -0.15) is 0 Å². The summed E-state index contributed by atoms with van der Waals surface area (Å²) in [6.07, 6.45) is 4.06. The number of amides is 2. The fourth-order valence-corrected chi connectivity index (χ4v) is 3.23. The molecule has 0 aromatic rings. The van der Waals surface area contributed by atoms with Crippen molar-refractivity contribution in [3.63, 3.8) is 0 Å². The molecular formula is C14H24N2O3. The normalized spacial score (nSPS) is 28.3. The molecule has 5 heteroatoms. The second-order valence-corrected chi connectivity index (χ2v) is 5.66. The largest absolute Gasteiger partial charge is 0.396 e. The van der Waals surface area contributed by atoms with Gasteiger partial charge in [0.25, 0.3) is 0 Å². The lowest BCUT2D eigenvalue weighted by Crippen LogP contribution is -2.52. The number of piperazine rings is 1. The van der Waals surface area contributed by atoms with Gasteiger partial charge in [0.05, 0.1) is 0 Å². The number of nitrogens with zero attached hydrogens (tertiary/aromatic N) is 2. The Morgan fingerprint density at radius 2 is 1.63 bits per heavy atom. The SMILES string of the molecule is CC(=O)N1CCN(C(=O)C2CCCCC2CO)CC1. The van der Waals surface area contributed by atoms with Crippen LogP contribution in [0.25, 0.3) is 0 Å². The third-order valence-corrected chi connectivity index (χ3v) is 4.50. The van der Waals surface area contributed by atoms with Gasteiger partial charge >= 0.3 is 0 Å². The molecule has 0 radical (unpaired) electrons. The van der Waals surface area contributed by atoms with Crippen LogP contribution in [-0.4, -0.2) is 59.5 Å². The lowest BCUT2D eigenvalue weighted by atomic mass is 9.79. The summed E-state index contributed by atoms with van der Waals surface area (Å²) in [5, 5.41) is 9.40. The second-order valence-electron chi connectivity index (χ2n) is 5.66. The van der Waals surface area contributed by atoms with Crippen LogP contribution >= 0.6 is 0 Å². The third kappa shape index (κ3) is 3.26. The van der Waals surface area contributed by atoms with Gasteiger partial charge in [0.15, 0.2) is 0 Å². The number of carbonyl (C=O) groups is 2. The highest BCUT2D eigenvalue weighted by atomic mass is 16.3. The first-order chi connectivity index (χ1) is 9.13. The molecule has 0 aromatic heterocycles. The van der Waals surface area contributed by atoms with E-state index in [1.165, 1.54) is 0 Å². The lowest BCUT2D eigenvalue weighted by Gasteiger charge is -2.38. The molecule has 2 atom stereocenters. The molecule has 1 saturated heterocycles. The number of hydrogen-bond donors (Lipinski definition) is 1. The van der Waals surface area contributed by atoms with Gasteiger partial charge in [0, 0.05) is 45.6 Å². The van der Waals surface area contributed by atoms with Crippen molar-refractivity contribution >= 4 is 11.8 Å². The molecule has 0 aromatic carbocycles. The molecule has 0 spiro atoms. The van der Waals surface area contributed by atoms with E-state index in [-0.39, 0.29) is 30.3 Å². The average molecular weight is 268 g/mol. The first-order valence-corrected chi connectivity index (χ1v) is 7.28. The lowest BCUT2D eigenvalue weighted by molar-refractivity contribution is -0.144. The maximum atomic E-state index is 12.5. The fraction of sp³-hybridized carbons (Fsp3) is 0.857. The summed E-state index contributed by atoms with van der Waals surface area (Å²) in [4.78, 5) is 27.4. The number of rotatable bonds is 2. The molecule has 0 bridgehead atoms. The van der Waals surface area contributed by atoms with Crippen LogP contribution < -0.4 is 0 Å². The first-order valence-electron chi connectivity index (χ1n) is 7.28. The summed E-state index contributed by atoms with van der Waals surface area (Å²) < 4.78 is 0. The van der Waals surface area contributed by atoms with Crippen LogP contribution in [0.3, 0.4) is 0 Å². The van der Waals surface area contributed by atoms with Crippen molar-refractivity contribution < 1.29 is 14.7 Å². The van der Waals surface area contributed by atoms with E-state index in [1.54, 1.807) is 11.8 Å². The van der Waals surface area contributed by atoms with Crippen LogP contribution in [0, 0.1) is 11.8 Å². The van der Waals surface area contributed by atoms with Crippen molar-refractivity contribution in [3.05, 3.63) is 0 Å². The highest BCUT2D eigenvalue weighted by Gasteiger charge is 2.34. The van der Waals surface area contributed by atoms with Gasteiger partial charge in [-0.3, -0.25) is 9.59 Å². The molecule has 1 aliphatic heterocycles. The predicted molar refractivity (Wildman–Crippen MR) is 71.4 cm³/mol. The van der Waals surface area contributed by atoms with E-state index in [2.05, 4.69) is 0 Å². The van der Waals surface area contributed by atoms with E-state index in [0.29, 0.717) is 26.2 Å². The van der Waals surface area contributed by atoms with Gasteiger partial charge in [-0.15, -0.1) is 0 Å². The van der Waals surface area contributed by atoms with Crippen molar-refractivity contribution in [2.24, 2.45) is 11.8 Å². The molecule has 2 fully saturated rings. The Balaban J connectivity index is 1.91. The van der Waals surface area contributed by atoms with Gasteiger partial charge in [-0.1, -0.05) is 12.8 Å². The maximum Gasteiger partial charge on any atom is 0.226 e. The van der Waals surface area contributed by atoms with Crippen LogP contribution in [-0.2, 0) is 9.59 Å². The minimum absolute atomic E-state index is 0.0115. The van der Waals surface area contributed by atoms with Gasteiger partial charge < -0.3 is 14.9 Å². The molecule has 1 heterocycles. The Kier molecular flexibility index (Phi) is 4.80. The van der Waals surface area contributed by atoms with Crippen LogP contribution in [0.5, 0.6) is 0 Å². The standard InChI is InChI=1S/C14H24N2O3/c1-11(18)15-6-8-16(9-7-15)14(19)13-5-3-2-4-12(13)10-17/h12-13,17H,2-10H2,1H3. The topological polar surface area (TPSA) is 60.9 Å². The molecule has 5 nitrogen and oxygen atoms in total. The molecule has 108 valence electrons. The summed E-state index contributed by atoms with van der Waals surface area (Å²) in [5.74, 6) is 0.384. The fourth-order valence-electron chi connectivity index (χ4n) is 3.23. The van der Waals surface area contributed by atoms with Gasteiger partial charge in [-0.25, -0.2) is 0 Å². The van der Waals surface area contributed by atoms with Crippen molar-refractivity contribution in [2.75, 3.05) is 32.8 Å². The highest BCUT2D eigenvalue weighted by molar-refractivity contribution is 5.80. The molecule has 2 amide bonds. The van der Waals surface area contributed by atoms with Crippen LogP contribution in [0.4, 0.5) is 0 Å². The predicted octanol–water partition coefficient (Wildman–Crippen LogP) is 0.476. The van der Waals surface area contributed by atoms with E-state index in [0.717, 1.165) is 25.7 Å². The van der Waals surface area contributed by atoms with E-state index < -0.39 is 0 Å². The molecule has 1 N–H and O–H groups in total. The smallest absolute Gasteiger partial charge is 0.226 e. The van der Waals surface area contributed by atoms with Crippen LogP contribution in [0.15, 0.2) is 0 Å². The zero-order valence-electron chi connectivity index (χ0n) is 11.7. The van der Waals surface area contributed by atoms with Gasteiger partial charge in [-0.05, 0) is 18.8 Å². The van der Waals surface area contributed by atoms with Gasteiger partial charge in [0.2, 0.25) is 11.8 Å². The minimum atomic E-state index is -0.0115. The monoisotopic (exact) mass is 268 g/mol. The first kappa shape index (κ1) is 14.3. The van der Waals surface area contributed by atoms with E-state index >= 15 is 0 Å². The minimum Gasteiger partial charge on any atom is -0.396 e. The van der Waals surface area contributed by atoms with E-state index in [4.69, 9.17) is 0 Å². The molecule has 2 aliphatic rings. The van der Waals surface area contributed by atoms with Crippen molar-refractivity contribution in [3.8, 4) is 0 Å². The second kappa shape index (κ2) is 6.37. The van der Waals surface area contributed by atoms with E-state index in [1.807, 2.05) is 4.90 Å². The Hall–Kier alpha value is -1.10. The molecule has 19 heavy (non-hydrogen) atoms. The summed E-state index contributed by atoms with van der Waals surface area (Å²) in [7, 11) is 0. The Morgan fingerprint density at radius 3 is 2.21 bits per heavy atom. The highest BCUT2D eigenvalue weighted by Crippen LogP contribution is 2.31. The third-order valence-electron chi connectivity index (χ3n) is 4.50. The molecular weight excluding hydrogens is 244 g/mol. The van der Waals surface area contributed by atoms with Crippen LogP contribution in [0.1, 0.15) is 32.6 Å². The van der Waals surface area contributed by atoms with Gasteiger partial charge in [0.1, 0.15) is 0 Å². The zero-order valence-corrected chi connectivity index (χ0v) is 11.7. The van der Waals surface area contributed by atoms with Crippen LogP contribution in [0.2, 0.25) is 0 Å². The van der Waals surface area contributed by atoms with Crippen molar-refractivity contribution in [1.82, 2.24) is 9.80 Å². The number of hydrogen-bond acceptors (Lipinski definition) is 3. The maximum absolute atomic E-state index is 12.5.